The van der Waals surface area contributed by atoms with E-state index in [0.717, 1.165) is 30.0 Å². The van der Waals surface area contributed by atoms with Gasteiger partial charge in [0.1, 0.15) is 5.69 Å². The molecule has 2 aromatic carbocycles. The van der Waals surface area contributed by atoms with Gasteiger partial charge in [-0.25, -0.2) is 4.58 Å². The van der Waals surface area contributed by atoms with Crippen LogP contribution in [0.2, 0.25) is 0 Å². The molecule has 0 fully saturated rings. The van der Waals surface area contributed by atoms with Crippen molar-refractivity contribution < 1.29 is 9.68 Å². The molecule has 0 bridgehead atoms. The molecule has 0 amide bonds. The largest absolute Gasteiger partial charge is 0.346 e. The third kappa shape index (κ3) is 2.95. The molecule has 0 saturated heterocycles. The van der Waals surface area contributed by atoms with E-state index in [0.29, 0.717) is 6.54 Å². The molecular weight excluding hydrogens is 340 g/mol. The van der Waals surface area contributed by atoms with Gasteiger partial charge in [-0.1, -0.05) is 63.2 Å². The van der Waals surface area contributed by atoms with Crippen LogP contribution in [0, 0.1) is 0 Å². The maximum absolute atomic E-state index is 11.8. The predicted octanol–water partition coefficient (Wildman–Crippen LogP) is 4.15. The lowest BCUT2D eigenvalue weighted by Gasteiger charge is -2.29. The third-order valence-electron chi connectivity index (χ3n) is 5.27. The Hall–Kier alpha value is -1.78. The summed E-state index contributed by atoms with van der Waals surface area (Å²) >= 11 is 1.85. The molecule has 1 atom stereocenters. The van der Waals surface area contributed by atoms with Crippen molar-refractivity contribution >= 4 is 22.6 Å². The fraction of sp³-hybridized carbons (Fsp3) is 0.409. The van der Waals surface area contributed by atoms with Crippen LogP contribution in [0.4, 0.5) is 5.69 Å². The number of thioether (sulfide) groups is 1. The minimum absolute atomic E-state index is 0.123. The molecule has 0 spiro atoms. The highest BCUT2D eigenvalue weighted by molar-refractivity contribution is 8.14. The van der Waals surface area contributed by atoms with Gasteiger partial charge in [0.25, 0.3) is 5.72 Å². The summed E-state index contributed by atoms with van der Waals surface area (Å²) in [5, 5.41) is 13.0. The Morgan fingerprint density at radius 1 is 1.04 bits per heavy atom. The first kappa shape index (κ1) is 17.6. The molecule has 2 aromatic rings. The molecule has 2 aliphatic rings. The van der Waals surface area contributed by atoms with Crippen molar-refractivity contribution in [3.63, 3.8) is 0 Å². The lowest BCUT2D eigenvalue weighted by atomic mass is 9.87. The lowest BCUT2D eigenvalue weighted by molar-refractivity contribution is -0.532. The van der Waals surface area contributed by atoms with E-state index in [1.54, 1.807) is 0 Å². The number of anilines is 1. The maximum atomic E-state index is 11.8. The zero-order valence-electron chi connectivity index (χ0n) is 15.8. The Bertz CT molecular complexity index is 823. The topological polar surface area (TPSA) is 26.5 Å². The van der Waals surface area contributed by atoms with Gasteiger partial charge < -0.3 is 5.11 Å². The molecule has 0 aromatic heterocycles. The Kier molecular flexibility index (Phi) is 4.36. The highest BCUT2D eigenvalue weighted by atomic mass is 32.2. The molecule has 3 nitrogen and oxygen atoms in total. The summed E-state index contributed by atoms with van der Waals surface area (Å²) < 4.78 is 2.33. The highest BCUT2D eigenvalue weighted by Gasteiger charge is 2.55. The van der Waals surface area contributed by atoms with E-state index in [1.807, 2.05) is 42.1 Å². The summed E-state index contributed by atoms with van der Waals surface area (Å²) in [5.41, 5.74) is 2.40. The number of nitrogens with zero attached hydrogens (tertiary/aromatic N) is 2. The van der Waals surface area contributed by atoms with Crippen molar-refractivity contribution in [3.05, 3.63) is 65.7 Å². The van der Waals surface area contributed by atoms with Crippen LogP contribution in [0.5, 0.6) is 0 Å². The number of amidine groups is 1. The number of benzene rings is 2. The predicted molar refractivity (Wildman–Crippen MR) is 110 cm³/mol. The van der Waals surface area contributed by atoms with Crippen LogP contribution in [-0.4, -0.2) is 33.7 Å². The number of aliphatic hydroxyl groups is 1. The van der Waals surface area contributed by atoms with Crippen LogP contribution in [0.25, 0.3) is 0 Å². The molecule has 0 aliphatic carbocycles. The standard InChI is InChI=1S/C22H27N2OS/c1-21(2,3)17-10-12-19(13-11-17)24-20-23(14-7-15-26-20)16-22(24,25)18-8-5-4-6-9-18/h4-6,8-13,25H,7,14-16H2,1-3H3/q+1/t22-/m0/s1. The molecule has 1 N–H and O–H groups in total. The van der Waals surface area contributed by atoms with E-state index >= 15 is 0 Å². The average molecular weight is 368 g/mol. The average Bonchev–Trinajstić information content (AvgIpc) is 2.95. The monoisotopic (exact) mass is 367 g/mol. The van der Waals surface area contributed by atoms with E-state index in [9.17, 15) is 5.11 Å². The zero-order chi connectivity index (χ0) is 18.4. The Morgan fingerprint density at radius 3 is 2.38 bits per heavy atom. The SMILES string of the molecule is CC(C)(C)c1ccc(N2C3=[N+](CCCS3)C[C@]2(O)c2ccccc2)cc1. The summed E-state index contributed by atoms with van der Waals surface area (Å²) in [5.74, 6) is 1.10. The van der Waals surface area contributed by atoms with Crippen molar-refractivity contribution in [1.82, 2.24) is 0 Å². The van der Waals surface area contributed by atoms with Gasteiger partial charge in [0, 0.05) is 11.3 Å². The zero-order valence-corrected chi connectivity index (χ0v) is 16.6. The second-order valence-electron chi connectivity index (χ2n) is 8.22. The van der Waals surface area contributed by atoms with Crippen molar-refractivity contribution in [2.24, 2.45) is 0 Å². The van der Waals surface area contributed by atoms with Crippen LogP contribution in [0.15, 0.2) is 54.6 Å². The van der Waals surface area contributed by atoms with Gasteiger partial charge in [-0.15, -0.1) is 0 Å². The van der Waals surface area contributed by atoms with Gasteiger partial charge in [0.15, 0.2) is 6.54 Å². The quantitative estimate of drug-likeness (QED) is 0.808. The second-order valence-corrected chi connectivity index (χ2v) is 9.28. The number of hydrogen-bond donors (Lipinski definition) is 1. The summed E-state index contributed by atoms with van der Waals surface area (Å²) in [6.07, 6.45) is 1.16. The van der Waals surface area contributed by atoms with Gasteiger partial charge in [-0.05, 0) is 41.3 Å². The normalized spacial score (nSPS) is 23.3. The Balaban J connectivity index is 1.80. The van der Waals surface area contributed by atoms with Crippen molar-refractivity contribution in [2.75, 3.05) is 23.7 Å². The van der Waals surface area contributed by atoms with Crippen LogP contribution in [0.3, 0.4) is 0 Å². The molecule has 2 aliphatic heterocycles. The van der Waals surface area contributed by atoms with E-state index in [2.05, 4.69) is 54.5 Å². The van der Waals surface area contributed by atoms with Gasteiger partial charge >= 0.3 is 5.17 Å². The van der Waals surface area contributed by atoms with E-state index < -0.39 is 5.72 Å². The fourth-order valence-electron chi connectivity index (χ4n) is 3.81. The van der Waals surface area contributed by atoms with E-state index in [4.69, 9.17) is 0 Å². The smallest absolute Gasteiger partial charge is 0.316 e. The van der Waals surface area contributed by atoms with Gasteiger partial charge in [-0.3, -0.25) is 0 Å². The first-order valence-electron chi connectivity index (χ1n) is 9.33. The highest BCUT2D eigenvalue weighted by Crippen LogP contribution is 2.40. The molecule has 0 unspecified atom stereocenters. The molecule has 4 rings (SSSR count). The first-order chi connectivity index (χ1) is 12.4. The van der Waals surface area contributed by atoms with Crippen LogP contribution < -0.4 is 4.90 Å². The molecule has 0 radical (unpaired) electrons. The maximum Gasteiger partial charge on any atom is 0.316 e. The van der Waals surface area contributed by atoms with Crippen molar-refractivity contribution in [2.45, 2.75) is 38.3 Å². The Labute approximate surface area is 160 Å². The fourth-order valence-corrected chi connectivity index (χ4v) is 4.99. The van der Waals surface area contributed by atoms with Crippen LogP contribution in [0.1, 0.15) is 38.3 Å². The second kappa shape index (κ2) is 6.43. The third-order valence-corrected chi connectivity index (χ3v) is 6.47. The van der Waals surface area contributed by atoms with Gasteiger partial charge in [0.05, 0.1) is 6.54 Å². The first-order valence-corrected chi connectivity index (χ1v) is 10.3. The minimum atomic E-state index is -1.03. The summed E-state index contributed by atoms with van der Waals surface area (Å²) in [7, 11) is 0. The molecule has 26 heavy (non-hydrogen) atoms. The molecule has 2 heterocycles. The lowest BCUT2D eigenvalue weighted by Crippen LogP contribution is -2.46. The van der Waals surface area contributed by atoms with Crippen molar-refractivity contribution in [1.29, 1.82) is 0 Å². The summed E-state index contributed by atoms with van der Waals surface area (Å²) in [6, 6.07) is 18.8. The van der Waals surface area contributed by atoms with Gasteiger partial charge in [-0.2, -0.15) is 4.90 Å². The summed E-state index contributed by atoms with van der Waals surface area (Å²) in [6.45, 7) is 8.30. The van der Waals surface area contributed by atoms with E-state index in [1.165, 1.54) is 10.7 Å². The van der Waals surface area contributed by atoms with Crippen molar-refractivity contribution in [3.8, 4) is 0 Å². The molecule has 0 saturated carbocycles. The minimum Gasteiger partial charge on any atom is -0.346 e. The molecule has 136 valence electrons. The number of rotatable bonds is 2. The van der Waals surface area contributed by atoms with Gasteiger partial charge in [0.2, 0.25) is 0 Å². The Morgan fingerprint density at radius 2 is 1.73 bits per heavy atom. The molecule has 4 heteroatoms. The van der Waals surface area contributed by atoms with E-state index in [-0.39, 0.29) is 5.41 Å². The summed E-state index contributed by atoms with van der Waals surface area (Å²) in [4.78, 5) is 2.14. The van der Waals surface area contributed by atoms with Crippen LogP contribution in [-0.2, 0) is 11.1 Å². The van der Waals surface area contributed by atoms with Crippen LogP contribution >= 0.6 is 11.8 Å². The number of hydrogen-bond acceptors (Lipinski definition) is 3. The molecular formula is C22H27N2OS+.